The Morgan fingerprint density at radius 1 is 1.20 bits per heavy atom. The minimum Gasteiger partial charge on any atom is -0.478 e. The van der Waals surface area contributed by atoms with Crippen LogP contribution in [0.1, 0.15) is 15.9 Å². The van der Waals surface area contributed by atoms with Gasteiger partial charge in [-0.25, -0.2) is 4.79 Å². The fraction of sp³-hybridized carbons (Fsp3) is 0.0714. The lowest BCUT2D eigenvalue weighted by Crippen LogP contribution is -2.04. The fourth-order valence-electron chi connectivity index (χ4n) is 1.78. The summed E-state index contributed by atoms with van der Waals surface area (Å²) < 4.78 is 0. The molecule has 2 aromatic carbocycles. The van der Waals surface area contributed by atoms with E-state index in [1.807, 2.05) is 0 Å². The smallest absolute Gasteiger partial charge is 0.337 e. The zero-order valence-corrected chi connectivity index (χ0v) is 11.9. The van der Waals surface area contributed by atoms with Crippen LogP contribution in [0, 0.1) is 0 Å². The number of benzene rings is 2. The summed E-state index contributed by atoms with van der Waals surface area (Å²) in [5.74, 6) is -1.03. The Labute approximate surface area is 126 Å². The summed E-state index contributed by atoms with van der Waals surface area (Å²) in [6, 6.07) is 9.92. The van der Waals surface area contributed by atoms with Crippen LogP contribution < -0.4 is 11.1 Å². The molecule has 20 heavy (non-hydrogen) atoms. The predicted octanol–water partition coefficient (Wildman–Crippen LogP) is 3.89. The molecule has 0 aliphatic heterocycles. The van der Waals surface area contributed by atoms with Gasteiger partial charge >= 0.3 is 5.97 Å². The normalized spacial score (nSPS) is 10.3. The van der Waals surface area contributed by atoms with Crippen molar-refractivity contribution in [3.63, 3.8) is 0 Å². The first-order valence-electron chi connectivity index (χ1n) is 5.81. The van der Waals surface area contributed by atoms with Crippen LogP contribution in [0.25, 0.3) is 0 Å². The van der Waals surface area contributed by atoms with Crippen molar-refractivity contribution in [3.8, 4) is 0 Å². The second-order valence-corrected chi connectivity index (χ2v) is 4.86. The molecule has 4 N–H and O–H groups in total. The maximum atomic E-state index is 11.2. The monoisotopic (exact) mass is 310 g/mol. The second kappa shape index (κ2) is 6.13. The van der Waals surface area contributed by atoms with E-state index >= 15 is 0 Å². The van der Waals surface area contributed by atoms with Gasteiger partial charge in [-0.1, -0.05) is 41.4 Å². The Morgan fingerprint density at radius 2 is 1.90 bits per heavy atom. The van der Waals surface area contributed by atoms with Crippen molar-refractivity contribution < 1.29 is 9.90 Å². The molecule has 0 aromatic heterocycles. The van der Waals surface area contributed by atoms with Gasteiger partial charge in [-0.3, -0.25) is 0 Å². The van der Waals surface area contributed by atoms with E-state index in [4.69, 9.17) is 34.0 Å². The number of anilines is 2. The molecule has 0 radical (unpaired) electrons. The van der Waals surface area contributed by atoms with Gasteiger partial charge in [0.15, 0.2) is 0 Å². The van der Waals surface area contributed by atoms with E-state index in [1.165, 1.54) is 6.07 Å². The first-order chi connectivity index (χ1) is 9.54. The molecule has 0 bridgehead atoms. The molecule has 0 aliphatic rings. The number of halogens is 2. The van der Waals surface area contributed by atoms with E-state index in [0.29, 0.717) is 21.4 Å². The summed E-state index contributed by atoms with van der Waals surface area (Å²) in [7, 11) is 0. The summed E-state index contributed by atoms with van der Waals surface area (Å²) in [6.45, 7) is 0.269. The van der Waals surface area contributed by atoms with E-state index in [9.17, 15) is 4.79 Å². The van der Waals surface area contributed by atoms with Crippen molar-refractivity contribution >= 4 is 40.5 Å². The van der Waals surface area contributed by atoms with Crippen molar-refractivity contribution in [2.24, 2.45) is 5.73 Å². The number of nitrogens with one attached hydrogen (secondary N) is 1. The molecule has 0 heterocycles. The maximum absolute atomic E-state index is 11.2. The molecule has 104 valence electrons. The highest BCUT2D eigenvalue weighted by Gasteiger charge is 2.14. The van der Waals surface area contributed by atoms with Gasteiger partial charge < -0.3 is 16.2 Å². The van der Waals surface area contributed by atoms with Gasteiger partial charge in [0.25, 0.3) is 0 Å². The maximum Gasteiger partial charge on any atom is 0.337 e. The predicted molar refractivity (Wildman–Crippen MR) is 81.0 cm³/mol. The van der Waals surface area contributed by atoms with Crippen molar-refractivity contribution in [1.82, 2.24) is 0 Å². The fourth-order valence-corrected chi connectivity index (χ4v) is 2.32. The molecule has 4 nitrogen and oxygen atoms in total. The molecule has 0 amide bonds. The van der Waals surface area contributed by atoms with Crippen LogP contribution >= 0.6 is 23.2 Å². The number of hydrogen-bond donors (Lipinski definition) is 3. The number of aromatic carboxylic acids is 1. The van der Waals surface area contributed by atoms with Gasteiger partial charge in [-0.05, 0) is 23.8 Å². The van der Waals surface area contributed by atoms with E-state index in [-0.39, 0.29) is 12.1 Å². The van der Waals surface area contributed by atoms with E-state index in [1.54, 1.807) is 30.3 Å². The molecular weight excluding hydrogens is 299 g/mol. The number of carbonyl (C=O) groups is 1. The minimum absolute atomic E-state index is 0.137. The van der Waals surface area contributed by atoms with Crippen molar-refractivity contribution in [1.29, 1.82) is 0 Å². The molecule has 0 fully saturated rings. The van der Waals surface area contributed by atoms with Crippen LogP contribution in [0.3, 0.4) is 0 Å². The zero-order valence-electron chi connectivity index (χ0n) is 10.4. The van der Waals surface area contributed by atoms with Gasteiger partial charge in [0.1, 0.15) is 0 Å². The van der Waals surface area contributed by atoms with Crippen LogP contribution in [0.4, 0.5) is 11.4 Å². The van der Waals surface area contributed by atoms with Crippen molar-refractivity contribution in [2.75, 3.05) is 5.32 Å². The lowest BCUT2D eigenvalue weighted by atomic mass is 10.1. The third-order valence-corrected chi connectivity index (χ3v) is 3.55. The Kier molecular flexibility index (Phi) is 4.49. The van der Waals surface area contributed by atoms with Gasteiger partial charge in [-0.2, -0.15) is 0 Å². The zero-order chi connectivity index (χ0) is 14.7. The first-order valence-corrected chi connectivity index (χ1v) is 6.56. The SMILES string of the molecule is NCc1ccc(Cl)c(Nc2ccccc2C(=O)O)c1Cl. The molecule has 6 heteroatoms. The summed E-state index contributed by atoms with van der Waals surface area (Å²) in [4.78, 5) is 11.2. The molecule has 0 spiro atoms. The highest BCUT2D eigenvalue weighted by Crippen LogP contribution is 2.36. The van der Waals surface area contributed by atoms with Crippen LogP contribution in [0.5, 0.6) is 0 Å². The third kappa shape index (κ3) is 2.88. The van der Waals surface area contributed by atoms with E-state index in [2.05, 4.69) is 5.32 Å². The molecule has 0 unspecified atom stereocenters. The summed E-state index contributed by atoms with van der Waals surface area (Å²) in [5.41, 5.74) is 7.32. The van der Waals surface area contributed by atoms with Gasteiger partial charge in [0.2, 0.25) is 0 Å². The standard InChI is InChI=1S/C14H12Cl2N2O2/c15-10-6-5-8(7-17)12(16)13(10)18-11-4-2-1-3-9(11)14(19)20/h1-6,18H,7,17H2,(H,19,20). The average molecular weight is 311 g/mol. The van der Waals surface area contributed by atoms with Crippen LogP contribution in [-0.4, -0.2) is 11.1 Å². The number of para-hydroxylation sites is 1. The molecule has 0 saturated heterocycles. The highest BCUT2D eigenvalue weighted by atomic mass is 35.5. The molecule has 0 aliphatic carbocycles. The van der Waals surface area contributed by atoms with Gasteiger partial charge in [-0.15, -0.1) is 0 Å². The van der Waals surface area contributed by atoms with Gasteiger partial charge in [0.05, 0.1) is 27.0 Å². The number of rotatable bonds is 4. The largest absolute Gasteiger partial charge is 0.478 e. The van der Waals surface area contributed by atoms with E-state index in [0.717, 1.165) is 5.56 Å². The molecule has 2 aromatic rings. The minimum atomic E-state index is -1.03. The summed E-state index contributed by atoms with van der Waals surface area (Å²) in [6.07, 6.45) is 0. The topological polar surface area (TPSA) is 75.3 Å². The van der Waals surface area contributed by atoms with Crippen LogP contribution in [-0.2, 0) is 6.54 Å². The first kappa shape index (κ1) is 14.7. The Bertz CT molecular complexity index is 660. The third-order valence-electron chi connectivity index (χ3n) is 2.81. The molecule has 0 saturated carbocycles. The second-order valence-electron chi connectivity index (χ2n) is 4.08. The van der Waals surface area contributed by atoms with Crippen molar-refractivity contribution in [2.45, 2.75) is 6.54 Å². The van der Waals surface area contributed by atoms with E-state index < -0.39 is 5.97 Å². The number of carboxylic acid groups (broad SMARTS) is 1. The van der Waals surface area contributed by atoms with Crippen molar-refractivity contribution in [3.05, 3.63) is 57.6 Å². The number of carboxylic acids is 1. The summed E-state index contributed by atoms with van der Waals surface area (Å²) in [5, 5.41) is 12.9. The molecule has 0 atom stereocenters. The number of nitrogens with two attached hydrogens (primary N) is 1. The molecular formula is C14H12Cl2N2O2. The highest BCUT2D eigenvalue weighted by molar-refractivity contribution is 6.39. The quantitative estimate of drug-likeness (QED) is 0.800. The van der Waals surface area contributed by atoms with Crippen LogP contribution in [0.2, 0.25) is 10.0 Å². The number of hydrogen-bond acceptors (Lipinski definition) is 3. The lowest BCUT2D eigenvalue weighted by Gasteiger charge is -2.14. The van der Waals surface area contributed by atoms with Crippen LogP contribution in [0.15, 0.2) is 36.4 Å². The Morgan fingerprint density at radius 3 is 2.55 bits per heavy atom. The Hall–Kier alpha value is -1.75. The summed E-state index contributed by atoms with van der Waals surface area (Å²) >= 11 is 12.3. The lowest BCUT2D eigenvalue weighted by molar-refractivity contribution is 0.0698. The average Bonchev–Trinajstić information content (AvgIpc) is 2.44. The van der Waals surface area contributed by atoms with Gasteiger partial charge in [0, 0.05) is 6.54 Å². The molecule has 2 rings (SSSR count). The Balaban J connectivity index is 2.48.